The Morgan fingerprint density at radius 1 is 1.29 bits per heavy atom. The van der Waals surface area contributed by atoms with Gasteiger partial charge in [-0.05, 0) is 29.9 Å². The molecule has 0 atom stereocenters. The maximum absolute atomic E-state index is 10.6. The van der Waals surface area contributed by atoms with E-state index in [1.165, 1.54) is 0 Å². The molecule has 17 heavy (non-hydrogen) atoms. The van der Waals surface area contributed by atoms with Gasteiger partial charge in [0.2, 0.25) is 0 Å². The van der Waals surface area contributed by atoms with Crippen LogP contribution in [0.5, 0.6) is 5.75 Å². The second kappa shape index (κ2) is 4.78. The van der Waals surface area contributed by atoms with Crippen molar-refractivity contribution in [2.24, 2.45) is 0 Å². The minimum absolute atomic E-state index is 0.0419. The summed E-state index contributed by atoms with van der Waals surface area (Å²) in [5.74, 6) is -0.596. The normalized spacial score (nSPS) is 11.5. The van der Waals surface area contributed by atoms with Crippen LogP contribution in [0.1, 0.15) is 43.9 Å². The maximum Gasteiger partial charge on any atom is 0.303 e. The van der Waals surface area contributed by atoms with Gasteiger partial charge in [-0.1, -0.05) is 32.9 Å². The highest BCUT2D eigenvalue weighted by Gasteiger charge is 2.22. The number of benzene rings is 1. The van der Waals surface area contributed by atoms with Crippen molar-refractivity contribution in [2.75, 3.05) is 0 Å². The summed E-state index contributed by atoms with van der Waals surface area (Å²) in [5.41, 5.74) is 2.50. The van der Waals surface area contributed by atoms with E-state index in [2.05, 4.69) is 0 Å². The Hall–Kier alpha value is -1.51. The fourth-order valence-corrected chi connectivity index (χ4v) is 2.13. The van der Waals surface area contributed by atoms with E-state index in [9.17, 15) is 9.90 Å². The second-order valence-electron chi connectivity index (χ2n) is 5.41. The summed E-state index contributed by atoms with van der Waals surface area (Å²) >= 11 is 0. The molecule has 3 nitrogen and oxygen atoms in total. The van der Waals surface area contributed by atoms with Crippen molar-refractivity contribution < 1.29 is 15.0 Å². The van der Waals surface area contributed by atoms with Crippen molar-refractivity contribution >= 4 is 5.97 Å². The fraction of sp³-hybridized carbons (Fsp3) is 0.500. The molecule has 94 valence electrons. The predicted molar refractivity (Wildman–Crippen MR) is 67.5 cm³/mol. The standard InChI is InChI=1S/C14H20O3/c1-9-5-6-10(7-8-11(15)16)13(17)12(9)14(2,3)4/h5-6,17H,7-8H2,1-4H3,(H,15,16). The van der Waals surface area contributed by atoms with Crippen molar-refractivity contribution in [3.8, 4) is 5.75 Å². The Balaban J connectivity index is 3.15. The molecule has 0 saturated heterocycles. The van der Waals surface area contributed by atoms with E-state index in [-0.39, 0.29) is 17.6 Å². The molecule has 1 aromatic rings. The number of phenolic OH excluding ortho intramolecular Hbond substituents is 1. The van der Waals surface area contributed by atoms with Crippen molar-refractivity contribution in [1.29, 1.82) is 0 Å². The summed E-state index contributed by atoms with van der Waals surface area (Å²) in [4.78, 5) is 10.6. The lowest BCUT2D eigenvalue weighted by Gasteiger charge is -2.24. The minimum Gasteiger partial charge on any atom is -0.507 e. The molecular formula is C14H20O3. The highest BCUT2D eigenvalue weighted by molar-refractivity contribution is 5.67. The lowest BCUT2D eigenvalue weighted by molar-refractivity contribution is -0.136. The predicted octanol–water partition coefficient (Wildman–Crippen LogP) is 3.02. The number of carboxylic acids is 1. The highest BCUT2D eigenvalue weighted by atomic mass is 16.4. The first-order valence-electron chi connectivity index (χ1n) is 5.77. The largest absolute Gasteiger partial charge is 0.507 e. The molecule has 0 bridgehead atoms. The Morgan fingerprint density at radius 3 is 2.35 bits per heavy atom. The average Bonchev–Trinajstić information content (AvgIpc) is 2.14. The second-order valence-corrected chi connectivity index (χ2v) is 5.41. The van der Waals surface area contributed by atoms with Gasteiger partial charge >= 0.3 is 5.97 Å². The molecule has 0 fully saturated rings. The average molecular weight is 236 g/mol. The quantitative estimate of drug-likeness (QED) is 0.848. The first-order valence-corrected chi connectivity index (χ1v) is 5.77. The zero-order valence-electron chi connectivity index (χ0n) is 10.9. The lowest BCUT2D eigenvalue weighted by atomic mass is 9.82. The van der Waals surface area contributed by atoms with Gasteiger partial charge in [-0.2, -0.15) is 0 Å². The Labute approximate surface area is 102 Å². The minimum atomic E-state index is -0.845. The van der Waals surface area contributed by atoms with Gasteiger partial charge in [-0.15, -0.1) is 0 Å². The Morgan fingerprint density at radius 2 is 1.88 bits per heavy atom. The fourth-order valence-electron chi connectivity index (χ4n) is 2.13. The SMILES string of the molecule is Cc1ccc(CCC(=O)O)c(O)c1C(C)(C)C. The molecule has 0 spiro atoms. The van der Waals surface area contributed by atoms with E-state index < -0.39 is 5.97 Å². The van der Waals surface area contributed by atoms with E-state index in [1.807, 2.05) is 39.8 Å². The summed E-state index contributed by atoms with van der Waals surface area (Å²) in [6, 6.07) is 3.75. The number of carbonyl (C=O) groups is 1. The van der Waals surface area contributed by atoms with Crippen LogP contribution >= 0.6 is 0 Å². The molecule has 0 aliphatic heterocycles. The smallest absolute Gasteiger partial charge is 0.303 e. The molecule has 2 N–H and O–H groups in total. The molecule has 0 aliphatic carbocycles. The van der Waals surface area contributed by atoms with Crippen LogP contribution in [-0.2, 0) is 16.6 Å². The molecule has 0 unspecified atom stereocenters. The van der Waals surface area contributed by atoms with Crippen LogP contribution in [0.15, 0.2) is 12.1 Å². The molecule has 0 aliphatic rings. The molecule has 3 heteroatoms. The zero-order valence-corrected chi connectivity index (χ0v) is 10.9. The number of carboxylic acid groups (broad SMARTS) is 1. The molecule has 0 radical (unpaired) electrons. The maximum atomic E-state index is 10.6. The van der Waals surface area contributed by atoms with Gasteiger partial charge in [0, 0.05) is 12.0 Å². The molecule has 0 heterocycles. The number of hydrogen-bond acceptors (Lipinski definition) is 2. The third-order valence-electron chi connectivity index (χ3n) is 2.83. The summed E-state index contributed by atoms with van der Waals surface area (Å²) in [5, 5.41) is 18.9. The number of aryl methyl sites for hydroxylation is 2. The van der Waals surface area contributed by atoms with E-state index in [0.29, 0.717) is 12.0 Å². The van der Waals surface area contributed by atoms with Crippen molar-refractivity contribution in [2.45, 2.75) is 46.0 Å². The van der Waals surface area contributed by atoms with Crippen LogP contribution in [-0.4, -0.2) is 16.2 Å². The van der Waals surface area contributed by atoms with Crippen LogP contribution in [0.3, 0.4) is 0 Å². The molecule has 0 aromatic heterocycles. The van der Waals surface area contributed by atoms with E-state index in [4.69, 9.17) is 5.11 Å². The summed E-state index contributed by atoms with van der Waals surface area (Å²) in [6.07, 6.45) is 0.407. The third-order valence-corrected chi connectivity index (χ3v) is 2.83. The van der Waals surface area contributed by atoms with Gasteiger partial charge in [-0.25, -0.2) is 0 Å². The van der Waals surface area contributed by atoms with Gasteiger partial charge in [-0.3, -0.25) is 4.79 Å². The Kier molecular flexibility index (Phi) is 3.81. The van der Waals surface area contributed by atoms with Crippen LogP contribution in [0.2, 0.25) is 0 Å². The van der Waals surface area contributed by atoms with E-state index in [1.54, 1.807) is 0 Å². The Bertz CT molecular complexity index is 428. The monoisotopic (exact) mass is 236 g/mol. The van der Waals surface area contributed by atoms with Gasteiger partial charge in [0.15, 0.2) is 0 Å². The first kappa shape index (κ1) is 13.6. The van der Waals surface area contributed by atoms with Gasteiger partial charge < -0.3 is 10.2 Å². The van der Waals surface area contributed by atoms with E-state index >= 15 is 0 Å². The van der Waals surface area contributed by atoms with Gasteiger partial charge in [0.05, 0.1) is 0 Å². The van der Waals surface area contributed by atoms with Crippen LogP contribution in [0, 0.1) is 6.92 Å². The van der Waals surface area contributed by atoms with Gasteiger partial charge in [0.25, 0.3) is 0 Å². The van der Waals surface area contributed by atoms with Crippen LogP contribution < -0.4 is 0 Å². The number of hydrogen-bond donors (Lipinski definition) is 2. The van der Waals surface area contributed by atoms with Crippen LogP contribution in [0.25, 0.3) is 0 Å². The summed E-state index contributed by atoms with van der Waals surface area (Å²) in [6.45, 7) is 8.07. The molecule has 1 rings (SSSR count). The van der Waals surface area contributed by atoms with Crippen molar-refractivity contribution in [3.63, 3.8) is 0 Å². The highest BCUT2D eigenvalue weighted by Crippen LogP contribution is 2.36. The topological polar surface area (TPSA) is 57.5 Å². The third kappa shape index (κ3) is 3.22. The van der Waals surface area contributed by atoms with Crippen LogP contribution in [0.4, 0.5) is 0 Å². The van der Waals surface area contributed by atoms with E-state index in [0.717, 1.165) is 11.1 Å². The molecule has 0 amide bonds. The van der Waals surface area contributed by atoms with Crippen molar-refractivity contribution in [3.05, 3.63) is 28.8 Å². The summed E-state index contributed by atoms with van der Waals surface area (Å²) < 4.78 is 0. The lowest BCUT2D eigenvalue weighted by Crippen LogP contribution is -2.14. The van der Waals surface area contributed by atoms with Gasteiger partial charge in [0.1, 0.15) is 5.75 Å². The molecular weight excluding hydrogens is 216 g/mol. The van der Waals surface area contributed by atoms with Crippen molar-refractivity contribution in [1.82, 2.24) is 0 Å². The first-order chi connectivity index (χ1) is 7.73. The molecule has 0 saturated carbocycles. The zero-order chi connectivity index (χ0) is 13.2. The molecule has 1 aromatic carbocycles. The summed E-state index contributed by atoms with van der Waals surface area (Å²) in [7, 11) is 0. The number of phenols is 1. The number of rotatable bonds is 3. The number of aliphatic carboxylic acids is 1. The number of aromatic hydroxyl groups is 1.